The molecule has 0 radical (unpaired) electrons. The minimum absolute atomic E-state index is 0.144. The smallest absolute Gasteiger partial charge is 0.162 e. The molecular weight excluding hydrogens is 337 g/mol. The van der Waals surface area contributed by atoms with Gasteiger partial charge in [0.1, 0.15) is 5.82 Å². The Morgan fingerprint density at radius 2 is 1.95 bits per heavy atom. The Kier molecular flexibility index (Phi) is 5.59. The van der Waals surface area contributed by atoms with Crippen molar-refractivity contribution in [2.45, 2.75) is 20.0 Å². The van der Waals surface area contributed by atoms with E-state index < -0.39 is 0 Å². The number of phenols is 1. The van der Waals surface area contributed by atoms with E-state index in [-0.39, 0.29) is 11.6 Å². The van der Waals surface area contributed by atoms with Crippen LogP contribution in [-0.2, 0) is 13.1 Å². The van der Waals surface area contributed by atoms with Crippen LogP contribution < -0.4 is 10.1 Å². The lowest BCUT2D eigenvalue weighted by Crippen LogP contribution is -2.13. The molecule has 0 heterocycles. The molecule has 0 atom stereocenters. The van der Waals surface area contributed by atoms with Crippen LogP contribution in [0.5, 0.6) is 11.5 Å². The maximum absolute atomic E-state index is 13.2. The number of nitrogens with one attached hydrogen (secondary N) is 1. The third-order valence-electron chi connectivity index (χ3n) is 3.02. The summed E-state index contributed by atoms with van der Waals surface area (Å²) in [6.07, 6.45) is 0. The van der Waals surface area contributed by atoms with Gasteiger partial charge in [0.2, 0.25) is 0 Å². The van der Waals surface area contributed by atoms with Crippen LogP contribution in [-0.4, -0.2) is 11.7 Å². The van der Waals surface area contributed by atoms with Crippen molar-refractivity contribution in [2.24, 2.45) is 0 Å². The molecule has 0 saturated carbocycles. The fraction of sp³-hybridized carbons (Fsp3) is 0.250. The van der Waals surface area contributed by atoms with Gasteiger partial charge in [-0.1, -0.05) is 28.1 Å². The second-order valence-corrected chi connectivity index (χ2v) is 5.39. The van der Waals surface area contributed by atoms with E-state index in [1.54, 1.807) is 12.1 Å². The molecule has 0 aliphatic heterocycles. The zero-order valence-electron chi connectivity index (χ0n) is 11.7. The largest absolute Gasteiger partial charge is 0.504 e. The molecule has 0 amide bonds. The molecule has 0 unspecified atom stereocenters. The van der Waals surface area contributed by atoms with E-state index >= 15 is 0 Å². The maximum Gasteiger partial charge on any atom is 0.162 e. The van der Waals surface area contributed by atoms with E-state index in [1.165, 1.54) is 12.1 Å². The molecule has 0 aromatic heterocycles. The van der Waals surface area contributed by atoms with Gasteiger partial charge in [-0.3, -0.25) is 0 Å². The number of phenolic OH excluding ortho intramolecular Hbond substituents is 1. The Morgan fingerprint density at radius 1 is 1.19 bits per heavy atom. The van der Waals surface area contributed by atoms with Crippen LogP contribution in [0, 0.1) is 5.82 Å². The second kappa shape index (κ2) is 7.43. The Morgan fingerprint density at radius 3 is 2.71 bits per heavy atom. The van der Waals surface area contributed by atoms with Crippen molar-refractivity contribution in [1.82, 2.24) is 5.32 Å². The molecule has 2 aromatic carbocycles. The first-order valence-corrected chi connectivity index (χ1v) is 7.49. The summed E-state index contributed by atoms with van der Waals surface area (Å²) in [5.41, 5.74) is 1.57. The van der Waals surface area contributed by atoms with Gasteiger partial charge in [-0.15, -0.1) is 0 Å². The molecule has 2 N–H and O–H groups in total. The van der Waals surface area contributed by atoms with E-state index in [1.807, 2.05) is 19.1 Å². The van der Waals surface area contributed by atoms with Gasteiger partial charge in [0.15, 0.2) is 11.5 Å². The third kappa shape index (κ3) is 4.19. The topological polar surface area (TPSA) is 41.5 Å². The van der Waals surface area contributed by atoms with Gasteiger partial charge in [-0.2, -0.15) is 0 Å². The molecule has 0 aliphatic rings. The standard InChI is InChI=1S/C16H17BrFNO2/c1-2-21-15-5-3-4-11(16(15)20)9-19-10-12-8-13(18)6-7-14(12)17/h3-8,19-20H,2,9-10H2,1H3. The van der Waals surface area contributed by atoms with Crippen LogP contribution in [0.4, 0.5) is 4.39 Å². The van der Waals surface area contributed by atoms with Gasteiger partial charge in [-0.25, -0.2) is 4.39 Å². The van der Waals surface area contributed by atoms with E-state index in [0.29, 0.717) is 25.4 Å². The average Bonchev–Trinajstić information content (AvgIpc) is 2.47. The number of hydrogen-bond donors (Lipinski definition) is 2. The van der Waals surface area contributed by atoms with Crippen molar-refractivity contribution in [3.63, 3.8) is 0 Å². The average molecular weight is 354 g/mol. The number of rotatable bonds is 6. The third-order valence-corrected chi connectivity index (χ3v) is 3.79. The van der Waals surface area contributed by atoms with Crippen molar-refractivity contribution in [1.29, 1.82) is 0 Å². The molecule has 3 nitrogen and oxygen atoms in total. The van der Waals surface area contributed by atoms with E-state index in [4.69, 9.17) is 4.74 Å². The number of benzene rings is 2. The first-order chi connectivity index (χ1) is 10.1. The minimum Gasteiger partial charge on any atom is -0.504 e. The molecule has 5 heteroatoms. The Balaban J connectivity index is 2.00. The number of hydrogen-bond acceptors (Lipinski definition) is 3. The van der Waals surface area contributed by atoms with Crippen molar-refractivity contribution < 1.29 is 14.2 Å². The Hall–Kier alpha value is -1.59. The van der Waals surface area contributed by atoms with Crippen LogP contribution in [0.3, 0.4) is 0 Å². The van der Waals surface area contributed by atoms with Crippen LogP contribution in [0.2, 0.25) is 0 Å². The van der Waals surface area contributed by atoms with E-state index in [0.717, 1.165) is 15.6 Å². The van der Waals surface area contributed by atoms with E-state index in [9.17, 15) is 9.50 Å². The van der Waals surface area contributed by atoms with Crippen LogP contribution in [0.15, 0.2) is 40.9 Å². The monoisotopic (exact) mass is 353 g/mol. The molecule has 0 saturated heterocycles. The highest BCUT2D eigenvalue weighted by Gasteiger charge is 2.08. The quantitative estimate of drug-likeness (QED) is 0.825. The number of halogens is 2. The molecule has 21 heavy (non-hydrogen) atoms. The number of para-hydroxylation sites is 1. The molecule has 112 valence electrons. The predicted molar refractivity (Wildman–Crippen MR) is 83.9 cm³/mol. The summed E-state index contributed by atoms with van der Waals surface area (Å²) >= 11 is 3.39. The maximum atomic E-state index is 13.2. The molecular formula is C16H17BrFNO2. The summed E-state index contributed by atoms with van der Waals surface area (Å²) in [6.45, 7) is 3.33. The van der Waals surface area contributed by atoms with Gasteiger partial charge in [-0.05, 0) is 36.8 Å². The highest BCUT2D eigenvalue weighted by Crippen LogP contribution is 2.29. The number of aromatic hydroxyl groups is 1. The van der Waals surface area contributed by atoms with Gasteiger partial charge in [0, 0.05) is 23.1 Å². The summed E-state index contributed by atoms with van der Waals surface area (Å²) < 4.78 is 19.4. The molecule has 2 rings (SSSR count). The molecule has 0 aliphatic carbocycles. The first kappa shape index (κ1) is 15.8. The summed E-state index contributed by atoms with van der Waals surface area (Å²) in [6, 6.07) is 9.95. The summed E-state index contributed by atoms with van der Waals surface area (Å²) in [5.74, 6) is 0.352. The van der Waals surface area contributed by atoms with Gasteiger partial charge in [0.05, 0.1) is 6.61 Å². The minimum atomic E-state index is -0.267. The molecule has 2 aromatic rings. The zero-order chi connectivity index (χ0) is 15.2. The molecule has 0 fully saturated rings. The fourth-order valence-electron chi connectivity index (χ4n) is 1.99. The van der Waals surface area contributed by atoms with Crippen LogP contribution in [0.25, 0.3) is 0 Å². The van der Waals surface area contributed by atoms with Crippen molar-refractivity contribution in [3.05, 3.63) is 57.8 Å². The lowest BCUT2D eigenvalue weighted by molar-refractivity contribution is 0.316. The molecule has 0 spiro atoms. The lowest BCUT2D eigenvalue weighted by atomic mass is 10.1. The molecule has 0 bridgehead atoms. The zero-order valence-corrected chi connectivity index (χ0v) is 13.3. The van der Waals surface area contributed by atoms with Gasteiger partial charge >= 0.3 is 0 Å². The van der Waals surface area contributed by atoms with Crippen molar-refractivity contribution >= 4 is 15.9 Å². The first-order valence-electron chi connectivity index (χ1n) is 6.70. The van der Waals surface area contributed by atoms with Gasteiger partial charge < -0.3 is 15.2 Å². The highest BCUT2D eigenvalue weighted by molar-refractivity contribution is 9.10. The van der Waals surface area contributed by atoms with Crippen LogP contribution in [0.1, 0.15) is 18.1 Å². The summed E-state index contributed by atoms with van der Waals surface area (Å²) in [5, 5.41) is 13.3. The number of ether oxygens (including phenoxy) is 1. The second-order valence-electron chi connectivity index (χ2n) is 4.54. The summed E-state index contributed by atoms with van der Waals surface area (Å²) in [7, 11) is 0. The Labute approximate surface area is 131 Å². The van der Waals surface area contributed by atoms with Gasteiger partial charge in [0.25, 0.3) is 0 Å². The van der Waals surface area contributed by atoms with Crippen molar-refractivity contribution in [3.8, 4) is 11.5 Å². The Bertz CT molecular complexity index is 619. The SMILES string of the molecule is CCOc1cccc(CNCc2cc(F)ccc2Br)c1O. The normalized spacial score (nSPS) is 10.6. The predicted octanol–water partition coefficient (Wildman–Crippen LogP) is 3.98. The van der Waals surface area contributed by atoms with Crippen LogP contribution >= 0.6 is 15.9 Å². The van der Waals surface area contributed by atoms with Crippen molar-refractivity contribution in [2.75, 3.05) is 6.61 Å². The highest BCUT2D eigenvalue weighted by atomic mass is 79.9. The lowest BCUT2D eigenvalue weighted by Gasteiger charge is -2.11. The van der Waals surface area contributed by atoms with E-state index in [2.05, 4.69) is 21.2 Å². The fourth-order valence-corrected chi connectivity index (χ4v) is 2.38. The summed E-state index contributed by atoms with van der Waals surface area (Å²) in [4.78, 5) is 0.